The first-order valence-electron chi connectivity index (χ1n) is 4.24. The number of likely N-dealkylation sites (N-methyl/N-ethyl adjacent to an activating group) is 1. The van der Waals surface area contributed by atoms with E-state index in [4.69, 9.17) is 4.74 Å². The predicted octanol–water partition coefficient (Wildman–Crippen LogP) is 0.299. The molecule has 0 unspecified atom stereocenters. The molecule has 0 aromatic heterocycles. The van der Waals surface area contributed by atoms with E-state index >= 15 is 0 Å². The van der Waals surface area contributed by atoms with E-state index in [9.17, 15) is 0 Å². The first-order chi connectivity index (χ1) is 5.29. The second-order valence-corrected chi connectivity index (χ2v) is 3.26. The molecule has 0 aromatic carbocycles. The Labute approximate surface area is 100.0 Å². The molecule has 0 aromatic rings. The van der Waals surface area contributed by atoms with Crippen LogP contribution in [-0.4, -0.2) is 63.3 Å². The smallest absolute Gasteiger partial charge is 0.0594 e. The third-order valence-electron chi connectivity index (χ3n) is 1.97. The third-order valence-corrected chi connectivity index (χ3v) is 1.97. The second-order valence-electron chi connectivity index (χ2n) is 3.26. The van der Waals surface area contributed by atoms with Gasteiger partial charge in [0.25, 0.3) is 0 Å². The van der Waals surface area contributed by atoms with Crippen LogP contribution in [0.5, 0.6) is 0 Å². The molecule has 1 fully saturated rings. The quantitative estimate of drug-likeness (QED) is 0.679. The van der Waals surface area contributed by atoms with Gasteiger partial charge in [0.05, 0.1) is 13.2 Å². The first kappa shape index (κ1) is 16.2. The molecule has 0 aliphatic carbocycles. The van der Waals surface area contributed by atoms with Crippen molar-refractivity contribution in [3.63, 3.8) is 0 Å². The van der Waals surface area contributed by atoms with Gasteiger partial charge in [-0.25, -0.2) is 0 Å². The Hall–Kier alpha value is 0.793. The predicted molar refractivity (Wildman–Crippen MR) is 53.1 cm³/mol. The Morgan fingerprint density at radius 1 is 1.23 bits per heavy atom. The second kappa shape index (κ2) is 9.35. The zero-order valence-corrected chi connectivity index (χ0v) is 12.4. The SMILES string of the molecule is CN(C)CCN1CCOCC1.Cl.[Zn]. The summed E-state index contributed by atoms with van der Waals surface area (Å²) in [5, 5.41) is 0. The van der Waals surface area contributed by atoms with E-state index in [0.717, 1.165) is 32.8 Å². The van der Waals surface area contributed by atoms with E-state index in [0.29, 0.717) is 0 Å². The maximum atomic E-state index is 5.25. The fourth-order valence-electron chi connectivity index (χ4n) is 1.17. The van der Waals surface area contributed by atoms with Crippen LogP contribution in [0, 0.1) is 0 Å². The van der Waals surface area contributed by atoms with Gasteiger partial charge >= 0.3 is 0 Å². The summed E-state index contributed by atoms with van der Waals surface area (Å²) in [7, 11) is 4.22. The number of hydrogen-bond donors (Lipinski definition) is 0. The normalized spacial score (nSPS) is 17.8. The minimum absolute atomic E-state index is 0. The zero-order chi connectivity index (χ0) is 8.10. The molecule has 0 radical (unpaired) electrons. The summed E-state index contributed by atoms with van der Waals surface area (Å²) < 4.78 is 5.25. The molecule has 0 amide bonds. The van der Waals surface area contributed by atoms with Gasteiger partial charge in [0.15, 0.2) is 0 Å². The van der Waals surface area contributed by atoms with Crippen LogP contribution in [-0.2, 0) is 24.2 Å². The van der Waals surface area contributed by atoms with E-state index < -0.39 is 0 Å². The van der Waals surface area contributed by atoms with Gasteiger partial charge < -0.3 is 9.64 Å². The summed E-state index contributed by atoms with van der Waals surface area (Å²) in [4.78, 5) is 4.67. The number of hydrogen-bond acceptors (Lipinski definition) is 3. The van der Waals surface area contributed by atoms with Gasteiger partial charge in [-0.15, -0.1) is 12.4 Å². The van der Waals surface area contributed by atoms with Crippen LogP contribution in [0.15, 0.2) is 0 Å². The Balaban J connectivity index is 0. The van der Waals surface area contributed by atoms with E-state index in [-0.39, 0.29) is 31.9 Å². The minimum atomic E-state index is 0. The zero-order valence-electron chi connectivity index (χ0n) is 8.66. The monoisotopic (exact) mass is 258 g/mol. The molecule has 0 bridgehead atoms. The molecule has 1 aliphatic rings. The molecule has 0 saturated carbocycles. The van der Waals surface area contributed by atoms with Gasteiger partial charge in [-0.3, -0.25) is 4.90 Å². The van der Waals surface area contributed by atoms with Crippen LogP contribution < -0.4 is 0 Å². The average molecular weight is 260 g/mol. The summed E-state index contributed by atoms with van der Waals surface area (Å²) >= 11 is 0. The van der Waals surface area contributed by atoms with Crippen LogP contribution in [0.1, 0.15) is 0 Å². The molecule has 76 valence electrons. The number of nitrogens with zero attached hydrogens (tertiary/aromatic N) is 2. The van der Waals surface area contributed by atoms with Crippen molar-refractivity contribution in [3.8, 4) is 0 Å². The number of halogens is 1. The standard InChI is InChI=1S/C8H18N2O.ClH.Zn/c1-9(2)3-4-10-5-7-11-8-6-10;;/h3-8H2,1-2H3;1H;. The topological polar surface area (TPSA) is 15.7 Å². The van der Waals surface area contributed by atoms with Gasteiger partial charge in [-0.2, -0.15) is 0 Å². The largest absolute Gasteiger partial charge is 0.379 e. The average Bonchev–Trinajstić information content (AvgIpc) is 2.03. The molecule has 0 N–H and O–H groups in total. The van der Waals surface area contributed by atoms with Crippen molar-refractivity contribution in [2.45, 2.75) is 0 Å². The van der Waals surface area contributed by atoms with E-state index in [1.165, 1.54) is 6.54 Å². The van der Waals surface area contributed by atoms with E-state index in [1.807, 2.05) is 0 Å². The van der Waals surface area contributed by atoms with Crippen molar-refractivity contribution in [3.05, 3.63) is 0 Å². The Morgan fingerprint density at radius 3 is 2.23 bits per heavy atom. The maximum absolute atomic E-state index is 5.25. The first-order valence-corrected chi connectivity index (χ1v) is 4.24. The van der Waals surface area contributed by atoms with Crippen LogP contribution in [0.3, 0.4) is 0 Å². The summed E-state index contributed by atoms with van der Waals surface area (Å²) in [5.74, 6) is 0. The number of ether oxygens (including phenoxy) is 1. The van der Waals surface area contributed by atoms with Gasteiger partial charge in [-0.05, 0) is 14.1 Å². The van der Waals surface area contributed by atoms with Crippen molar-refractivity contribution in [2.24, 2.45) is 0 Å². The molecule has 1 saturated heterocycles. The molecule has 13 heavy (non-hydrogen) atoms. The third kappa shape index (κ3) is 7.83. The van der Waals surface area contributed by atoms with Crippen molar-refractivity contribution in [1.29, 1.82) is 0 Å². The molecular formula is C8H19ClN2OZn. The van der Waals surface area contributed by atoms with Crippen LogP contribution in [0.2, 0.25) is 0 Å². The Kier molecular flexibility index (Phi) is 11.7. The molecule has 1 aliphatic heterocycles. The van der Waals surface area contributed by atoms with Gasteiger partial charge in [0, 0.05) is 45.7 Å². The number of rotatable bonds is 3. The molecule has 1 heterocycles. The van der Waals surface area contributed by atoms with Crippen molar-refractivity contribution >= 4 is 12.4 Å². The Bertz CT molecular complexity index is 110. The van der Waals surface area contributed by atoms with Gasteiger partial charge in [0.2, 0.25) is 0 Å². The molecule has 0 atom stereocenters. The van der Waals surface area contributed by atoms with Gasteiger partial charge in [0.1, 0.15) is 0 Å². The van der Waals surface area contributed by atoms with Crippen molar-refractivity contribution in [2.75, 3.05) is 53.5 Å². The van der Waals surface area contributed by atoms with Crippen LogP contribution in [0.4, 0.5) is 0 Å². The summed E-state index contributed by atoms with van der Waals surface area (Å²) in [6.07, 6.45) is 0. The maximum Gasteiger partial charge on any atom is 0.0594 e. The van der Waals surface area contributed by atoms with Crippen molar-refractivity contribution < 1.29 is 24.2 Å². The molecule has 1 rings (SSSR count). The van der Waals surface area contributed by atoms with Gasteiger partial charge in [-0.1, -0.05) is 0 Å². The summed E-state index contributed by atoms with van der Waals surface area (Å²) in [5.41, 5.74) is 0. The fourth-order valence-corrected chi connectivity index (χ4v) is 1.17. The van der Waals surface area contributed by atoms with Crippen LogP contribution in [0.25, 0.3) is 0 Å². The summed E-state index contributed by atoms with van der Waals surface area (Å²) in [6.45, 7) is 6.36. The van der Waals surface area contributed by atoms with Crippen molar-refractivity contribution in [1.82, 2.24) is 9.80 Å². The number of morpholine rings is 1. The molecule has 0 spiro atoms. The molecule has 5 heteroatoms. The van der Waals surface area contributed by atoms with E-state index in [2.05, 4.69) is 23.9 Å². The molecule has 3 nitrogen and oxygen atoms in total. The minimum Gasteiger partial charge on any atom is -0.379 e. The molecular weight excluding hydrogens is 241 g/mol. The summed E-state index contributed by atoms with van der Waals surface area (Å²) in [6, 6.07) is 0. The Morgan fingerprint density at radius 2 is 1.77 bits per heavy atom. The fraction of sp³-hybridized carbons (Fsp3) is 1.00. The van der Waals surface area contributed by atoms with Crippen LogP contribution >= 0.6 is 12.4 Å². The van der Waals surface area contributed by atoms with E-state index in [1.54, 1.807) is 0 Å².